The first-order valence-corrected chi connectivity index (χ1v) is 14.9. The summed E-state index contributed by atoms with van der Waals surface area (Å²) in [6.45, 7) is 3.66. The maximum Gasteiger partial charge on any atom is 0.326 e. The van der Waals surface area contributed by atoms with Crippen LogP contribution < -0.4 is 25.6 Å². The van der Waals surface area contributed by atoms with Crippen LogP contribution in [0, 0.1) is 30.1 Å². The Morgan fingerprint density at radius 2 is 2.08 bits per heavy atom. The molecule has 0 bridgehead atoms. The van der Waals surface area contributed by atoms with E-state index in [4.69, 9.17) is 4.74 Å². The van der Waals surface area contributed by atoms with Crippen molar-refractivity contribution >= 4 is 35.3 Å². The number of urea groups is 1. The van der Waals surface area contributed by atoms with Crippen LogP contribution in [0.4, 0.5) is 10.5 Å². The quantitative estimate of drug-likeness (QED) is 0.360. The average Bonchev–Trinajstić information content (AvgIpc) is 3.71. The predicted octanol–water partition coefficient (Wildman–Crippen LogP) is 2.76. The summed E-state index contributed by atoms with van der Waals surface area (Å²) in [4.78, 5) is 44.1. The molecule has 3 unspecified atom stereocenters. The second-order valence-corrected chi connectivity index (χ2v) is 12.3. The number of aryl methyl sites for hydroxylation is 1. The van der Waals surface area contributed by atoms with Gasteiger partial charge in [-0.3, -0.25) is 14.5 Å². The highest BCUT2D eigenvalue weighted by atomic mass is 32.2. The fourth-order valence-electron chi connectivity index (χ4n) is 6.28. The Balaban J connectivity index is 1.19. The van der Waals surface area contributed by atoms with Gasteiger partial charge in [0.2, 0.25) is 0 Å². The third-order valence-electron chi connectivity index (χ3n) is 8.43. The third-order valence-corrected chi connectivity index (χ3v) is 9.78. The fourth-order valence-corrected chi connectivity index (χ4v) is 7.68. The van der Waals surface area contributed by atoms with Gasteiger partial charge in [-0.15, -0.1) is 0 Å². The van der Waals surface area contributed by atoms with E-state index < -0.39 is 0 Å². The van der Waals surface area contributed by atoms with Gasteiger partial charge < -0.3 is 25.6 Å². The lowest BCUT2D eigenvalue weighted by atomic mass is 9.86. The molecule has 6 rings (SSSR count). The highest BCUT2D eigenvalue weighted by molar-refractivity contribution is 8.04. The number of benzene rings is 1. The zero-order valence-corrected chi connectivity index (χ0v) is 23.6. The van der Waals surface area contributed by atoms with Crippen molar-refractivity contribution in [3.05, 3.63) is 46.0 Å². The normalized spacial score (nSPS) is 28.0. The van der Waals surface area contributed by atoms with Gasteiger partial charge in [-0.1, -0.05) is 17.8 Å². The summed E-state index contributed by atoms with van der Waals surface area (Å²) in [7, 11) is 1.62. The summed E-state index contributed by atoms with van der Waals surface area (Å²) in [5.74, 6) is 0.551. The van der Waals surface area contributed by atoms with Crippen molar-refractivity contribution in [1.29, 1.82) is 5.26 Å². The Bertz CT molecular complexity index is 1350. The second-order valence-electron chi connectivity index (χ2n) is 11.2. The lowest BCUT2D eigenvalue weighted by Crippen LogP contribution is -2.62. The Kier molecular flexibility index (Phi) is 7.23. The first-order valence-electron chi connectivity index (χ1n) is 14.0. The van der Waals surface area contributed by atoms with Gasteiger partial charge in [-0.2, -0.15) is 5.26 Å². The highest BCUT2D eigenvalue weighted by Crippen LogP contribution is 2.48. The molecule has 40 heavy (non-hydrogen) atoms. The molecule has 0 aromatic heterocycles. The lowest BCUT2D eigenvalue weighted by Gasteiger charge is -2.46. The average molecular weight is 563 g/mol. The number of methoxy groups -OCH3 is 1. The predicted molar refractivity (Wildman–Crippen MR) is 151 cm³/mol. The minimum atomic E-state index is -0.253. The van der Waals surface area contributed by atoms with Crippen molar-refractivity contribution in [2.75, 3.05) is 31.6 Å². The number of hydrogen-bond acceptors (Lipinski definition) is 7. The number of amides is 4. The number of anilines is 1. The van der Waals surface area contributed by atoms with E-state index in [1.165, 1.54) is 11.8 Å². The Morgan fingerprint density at radius 3 is 2.80 bits per heavy atom. The van der Waals surface area contributed by atoms with Crippen molar-refractivity contribution in [2.24, 2.45) is 11.8 Å². The molecule has 5 aliphatic rings. The van der Waals surface area contributed by atoms with Gasteiger partial charge in [0, 0.05) is 36.4 Å². The van der Waals surface area contributed by atoms with E-state index in [9.17, 15) is 19.6 Å². The van der Waals surface area contributed by atoms with Gasteiger partial charge in [-0.25, -0.2) is 4.79 Å². The molecule has 4 atom stereocenters. The number of carbonyl (C=O) groups excluding carboxylic acids is 3. The molecule has 4 heterocycles. The molecule has 1 aromatic rings. The molecule has 0 spiro atoms. The zero-order valence-electron chi connectivity index (χ0n) is 22.7. The number of allylic oxidation sites excluding steroid dienone is 1. The second kappa shape index (κ2) is 10.8. The van der Waals surface area contributed by atoms with Gasteiger partial charge in [-0.05, 0) is 75.3 Å². The maximum absolute atomic E-state index is 13.6. The van der Waals surface area contributed by atoms with E-state index in [0.717, 1.165) is 55.6 Å². The van der Waals surface area contributed by atoms with E-state index in [1.807, 2.05) is 30.0 Å². The van der Waals surface area contributed by atoms with E-state index >= 15 is 0 Å². The molecule has 4 amide bonds. The summed E-state index contributed by atoms with van der Waals surface area (Å²) in [5.41, 5.74) is 2.67. The van der Waals surface area contributed by atoms with Crippen LogP contribution in [0.1, 0.15) is 37.7 Å². The number of piperidine rings is 2. The molecular weight excluding hydrogens is 528 g/mol. The number of rotatable bonds is 6. The molecular formula is C29H34N6O4S. The third kappa shape index (κ3) is 4.95. The number of nitrogens with zero attached hydrogens (tertiary/aromatic N) is 3. The molecule has 0 radical (unpaired) electrons. The molecule has 1 saturated carbocycles. The van der Waals surface area contributed by atoms with Crippen LogP contribution in [0.25, 0.3) is 0 Å². The summed E-state index contributed by atoms with van der Waals surface area (Å²) >= 11 is 1.47. The topological polar surface area (TPSA) is 127 Å². The minimum absolute atomic E-state index is 0.0219. The van der Waals surface area contributed by atoms with Crippen LogP contribution in [-0.2, 0) is 9.59 Å². The van der Waals surface area contributed by atoms with Crippen LogP contribution >= 0.6 is 11.8 Å². The highest BCUT2D eigenvalue weighted by Gasteiger charge is 2.52. The molecule has 4 fully saturated rings. The van der Waals surface area contributed by atoms with Crippen LogP contribution in [0.2, 0.25) is 0 Å². The van der Waals surface area contributed by atoms with Gasteiger partial charge >= 0.3 is 6.03 Å². The SMILES string of the molecule is COc1ccc(N2C(=O)NC3=C(C(=O)N[C@@H]4CCCN(C(=O)/C(C#N)=C/C5CC5)C4)SC4NCCC2C34)c(C)c1. The molecule has 3 N–H and O–H groups in total. The van der Waals surface area contributed by atoms with Crippen LogP contribution in [-0.4, -0.2) is 66.9 Å². The van der Waals surface area contributed by atoms with Gasteiger partial charge in [0.1, 0.15) is 17.4 Å². The number of ether oxygens (including phenoxy) is 1. The first kappa shape index (κ1) is 26.7. The van der Waals surface area contributed by atoms with E-state index in [-0.39, 0.29) is 46.8 Å². The maximum atomic E-state index is 13.6. The molecule has 4 aliphatic heterocycles. The Labute approximate surface area is 238 Å². The van der Waals surface area contributed by atoms with Crippen molar-refractivity contribution < 1.29 is 19.1 Å². The lowest BCUT2D eigenvalue weighted by molar-refractivity contribution is -0.129. The molecule has 10 nitrogen and oxygen atoms in total. The number of nitriles is 1. The summed E-state index contributed by atoms with van der Waals surface area (Å²) in [5, 5.41) is 19.2. The summed E-state index contributed by atoms with van der Waals surface area (Å²) in [6, 6.07) is 7.24. The summed E-state index contributed by atoms with van der Waals surface area (Å²) < 4.78 is 5.35. The first-order chi connectivity index (χ1) is 19.4. The van der Waals surface area contributed by atoms with Crippen molar-refractivity contribution in [3.63, 3.8) is 0 Å². The molecule has 210 valence electrons. The Hall–Kier alpha value is -3.49. The number of hydrogen-bond donors (Lipinski definition) is 3. The monoisotopic (exact) mass is 562 g/mol. The smallest absolute Gasteiger partial charge is 0.326 e. The molecule has 3 saturated heterocycles. The van der Waals surface area contributed by atoms with Gasteiger partial charge in [0.25, 0.3) is 11.8 Å². The van der Waals surface area contributed by atoms with E-state index in [2.05, 4.69) is 22.0 Å². The minimum Gasteiger partial charge on any atom is -0.497 e. The number of likely N-dealkylation sites (tertiary alicyclic amines) is 1. The van der Waals surface area contributed by atoms with Crippen LogP contribution in [0.15, 0.2) is 40.5 Å². The number of thioether (sulfide) groups is 1. The molecule has 1 aromatic carbocycles. The van der Waals surface area contributed by atoms with Crippen LogP contribution in [0.5, 0.6) is 5.75 Å². The Morgan fingerprint density at radius 1 is 1.25 bits per heavy atom. The summed E-state index contributed by atoms with van der Waals surface area (Å²) in [6.07, 6.45) is 6.12. The van der Waals surface area contributed by atoms with Crippen LogP contribution in [0.3, 0.4) is 0 Å². The number of nitrogens with one attached hydrogen (secondary N) is 3. The molecule has 1 aliphatic carbocycles. The molecule has 11 heteroatoms. The fraction of sp³-hybridized carbons (Fsp3) is 0.517. The van der Waals surface area contributed by atoms with E-state index in [0.29, 0.717) is 29.6 Å². The van der Waals surface area contributed by atoms with Gasteiger partial charge in [0.15, 0.2) is 0 Å². The van der Waals surface area contributed by atoms with E-state index in [1.54, 1.807) is 18.1 Å². The zero-order chi connectivity index (χ0) is 28.0. The standard InChI is InChI=1S/C29H34N6O4S/c1-16-12-20(39-2)7-8-21(16)35-22-9-10-31-27-23(22)24(33-29(35)38)25(40-27)26(36)32-19-4-3-11-34(15-19)28(37)18(14-30)13-17-5-6-17/h7-8,12-13,17,19,22-23,27,31H,3-6,9-11,15H2,1-2H3,(H,32,36)(H,33,38)/b18-13+/t19-,22?,23?,27?/m1/s1. The van der Waals surface area contributed by atoms with Crippen molar-refractivity contribution in [1.82, 2.24) is 20.9 Å². The van der Waals surface area contributed by atoms with Crippen molar-refractivity contribution in [2.45, 2.75) is 56.5 Å². The number of carbonyl (C=O) groups is 3. The van der Waals surface area contributed by atoms with Gasteiger partial charge in [0.05, 0.1) is 23.4 Å². The van der Waals surface area contributed by atoms with Crippen molar-refractivity contribution in [3.8, 4) is 11.8 Å². The largest absolute Gasteiger partial charge is 0.497 e.